The summed E-state index contributed by atoms with van der Waals surface area (Å²) < 4.78 is 0.925. The van der Waals surface area contributed by atoms with Crippen LogP contribution in [0.25, 0.3) is 0 Å². The van der Waals surface area contributed by atoms with Crippen LogP contribution in [-0.2, 0) is 19.2 Å². The van der Waals surface area contributed by atoms with Gasteiger partial charge < -0.3 is 47.0 Å². The van der Waals surface area contributed by atoms with Gasteiger partial charge in [0, 0.05) is 57.8 Å². The monoisotopic (exact) mass is 777 g/mol. The van der Waals surface area contributed by atoms with Crippen molar-refractivity contribution in [1.29, 1.82) is 0 Å². The normalized spacial score (nSPS) is 14.6. The summed E-state index contributed by atoms with van der Waals surface area (Å²) in [6, 6.07) is 0. The SMILES string of the molecule is CCCCCCCCCCCC[N+](C)(C)CCCNC(=O)C(C)CC(C)(CC(CC(CC)C(=O)N(C)C)C(=O)NCCC[NH+](C)C)C(=O)O.[Br-]. The molecule has 0 aromatic rings. The second-order valence-corrected chi connectivity index (χ2v) is 16.3. The number of rotatable bonds is 30. The van der Waals surface area contributed by atoms with Crippen LogP contribution in [0.5, 0.6) is 0 Å². The Kier molecular flexibility index (Phi) is 28.1. The minimum absolute atomic E-state index is 0. The van der Waals surface area contributed by atoms with E-state index in [0.29, 0.717) is 19.5 Å². The van der Waals surface area contributed by atoms with Crippen LogP contribution < -0.4 is 32.5 Å². The molecule has 0 aliphatic heterocycles. The second-order valence-electron chi connectivity index (χ2n) is 16.3. The highest BCUT2D eigenvalue weighted by Gasteiger charge is 2.41. The maximum atomic E-state index is 13.5. The topological polar surface area (TPSA) is 120 Å². The second kappa shape index (κ2) is 27.9. The van der Waals surface area contributed by atoms with Crippen molar-refractivity contribution in [1.82, 2.24) is 15.5 Å². The zero-order chi connectivity index (χ0) is 37.5. The van der Waals surface area contributed by atoms with E-state index in [4.69, 9.17) is 0 Å². The first-order valence-corrected chi connectivity index (χ1v) is 19.6. The predicted octanol–water partition coefficient (Wildman–Crippen LogP) is 1.77. The molecule has 3 amide bonds. The molecule has 0 rings (SSSR count). The molecule has 11 heteroatoms. The van der Waals surface area contributed by atoms with Gasteiger partial charge in [0.05, 0.1) is 53.2 Å². The van der Waals surface area contributed by atoms with Gasteiger partial charge in [-0.2, -0.15) is 0 Å². The Morgan fingerprint density at radius 2 is 1.26 bits per heavy atom. The molecule has 50 heavy (non-hydrogen) atoms. The van der Waals surface area contributed by atoms with Crippen molar-refractivity contribution >= 4 is 23.7 Å². The average Bonchev–Trinajstić information content (AvgIpc) is 3.03. The zero-order valence-corrected chi connectivity index (χ0v) is 35.5. The standard InChI is InChI=1S/C39H77N5O5.BrH/c1-11-13-14-15-16-17-18-19-20-21-27-44(9,10)28-23-25-40-35(45)32(3)30-39(4,38(48)49)31-34(29-33(12-2)37(47)43(7)8)36(46)41-24-22-26-42(5)6;/h32-34H,11-31H2,1-10H3,(H2-,40,41,45,46,48,49);1H/p+1. The maximum Gasteiger partial charge on any atom is 0.309 e. The molecule has 0 saturated carbocycles. The molecular formula is C39H79BrN5O5+. The molecule has 0 aromatic carbocycles. The maximum absolute atomic E-state index is 13.5. The van der Waals surface area contributed by atoms with Gasteiger partial charge in [0.1, 0.15) is 0 Å². The van der Waals surface area contributed by atoms with Gasteiger partial charge in [0.25, 0.3) is 0 Å². The number of carbonyl (C=O) groups is 4. The van der Waals surface area contributed by atoms with Gasteiger partial charge in [-0.05, 0) is 45.4 Å². The number of nitrogens with one attached hydrogen (secondary N) is 3. The zero-order valence-electron chi connectivity index (χ0n) is 33.9. The van der Waals surface area contributed by atoms with Gasteiger partial charge in [0.15, 0.2) is 0 Å². The summed E-state index contributed by atoms with van der Waals surface area (Å²) in [5.41, 5.74) is -1.31. The molecule has 0 heterocycles. The van der Waals surface area contributed by atoms with Crippen LogP contribution in [0, 0.1) is 23.2 Å². The first-order valence-electron chi connectivity index (χ1n) is 19.6. The number of hydrogen-bond donors (Lipinski definition) is 4. The summed E-state index contributed by atoms with van der Waals surface area (Å²) in [6.07, 6.45) is 16.0. The molecule has 296 valence electrons. The summed E-state index contributed by atoms with van der Waals surface area (Å²) in [7, 11) is 12.0. The van der Waals surface area contributed by atoms with E-state index in [1.54, 1.807) is 27.9 Å². The summed E-state index contributed by atoms with van der Waals surface area (Å²) in [5.74, 6) is -3.05. The number of amides is 3. The van der Waals surface area contributed by atoms with Crippen LogP contribution >= 0.6 is 0 Å². The average molecular weight is 778 g/mol. The lowest BCUT2D eigenvalue weighted by atomic mass is 9.72. The van der Waals surface area contributed by atoms with Crippen molar-refractivity contribution in [2.75, 3.05) is 75.0 Å². The Morgan fingerprint density at radius 1 is 0.760 bits per heavy atom. The number of unbranched alkanes of at least 4 members (excludes halogenated alkanes) is 9. The quantitative estimate of drug-likeness (QED) is 0.0656. The van der Waals surface area contributed by atoms with Gasteiger partial charge in [-0.3, -0.25) is 19.2 Å². The van der Waals surface area contributed by atoms with Gasteiger partial charge in [-0.25, -0.2) is 0 Å². The largest absolute Gasteiger partial charge is 1.00 e. The Hall–Kier alpha value is -1.72. The van der Waals surface area contributed by atoms with Crippen LogP contribution in [0.4, 0.5) is 0 Å². The highest BCUT2D eigenvalue weighted by Crippen LogP contribution is 2.37. The fourth-order valence-corrected chi connectivity index (χ4v) is 6.83. The lowest BCUT2D eigenvalue weighted by molar-refractivity contribution is -0.890. The summed E-state index contributed by atoms with van der Waals surface area (Å²) in [5, 5.41) is 16.4. The first kappa shape index (κ1) is 50.4. The van der Waals surface area contributed by atoms with Gasteiger partial charge in [-0.1, -0.05) is 72.1 Å². The van der Waals surface area contributed by atoms with E-state index < -0.39 is 23.2 Å². The first-order chi connectivity index (χ1) is 23.0. The third kappa shape index (κ3) is 23.0. The third-order valence-corrected chi connectivity index (χ3v) is 10.1. The summed E-state index contributed by atoms with van der Waals surface area (Å²) in [4.78, 5) is 55.0. The molecule has 0 aliphatic carbocycles. The van der Waals surface area contributed by atoms with Crippen LogP contribution in [0.2, 0.25) is 0 Å². The van der Waals surface area contributed by atoms with E-state index in [2.05, 4.69) is 45.7 Å². The van der Waals surface area contributed by atoms with Crippen molar-refractivity contribution in [3.05, 3.63) is 0 Å². The van der Waals surface area contributed by atoms with Crippen molar-refractivity contribution in [3.63, 3.8) is 0 Å². The molecule has 0 fully saturated rings. The Bertz CT molecular complexity index is 948. The molecule has 4 unspecified atom stereocenters. The molecule has 0 saturated heterocycles. The lowest BCUT2D eigenvalue weighted by Gasteiger charge is -2.33. The summed E-state index contributed by atoms with van der Waals surface area (Å²) >= 11 is 0. The van der Waals surface area contributed by atoms with E-state index in [-0.39, 0.29) is 59.9 Å². The number of carboxylic acids is 1. The number of halogens is 1. The molecule has 4 N–H and O–H groups in total. The lowest BCUT2D eigenvalue weighted by Crippen LogP contribution is -3.05. The van der Waals surface area contributed by atoms with Crippen molar-refractivity contribution in [2.45, 2.75) is 130 Å². The molecule has 10 nitrogen and oxygen atoms in total. The molecular weight excluding hydrogens is 698 g/mol. The fraction of sp³-hybridized carbons (Fsp3) is 0.897. The highest BCUT2D eigenvalue weighted by atomic mass is 79.9. The van der Waals surface area contributed by atoms with Gasteiger partial charge >= 0.3 is 5.97 Å². The number of hydrogen-bond acceptors (Lipinski definition) is 4. The molecule has 0 aliphatic rings. The van der Waals surface area contributed by atoms with Crippen LogP contribution in [-0.4, -0.2) is 113 Å². The minimum atomic E-state index is -1.31. The van der Waals surface area contributed by atoms with Crippen LogP contribution in [0.1, 0.15) is 130 Å². The summed E-state index contributed by atoms with van der Waals surface area (Å²) in [6.45, 7) is 11.6. The van der Waals surface area contributed by atoms with Crippen molar-refractivity contribution < 1.29 is 50.6 Å². The number of carbonyl (C=O) groups excluding carboxylic acids is 3. The van der Waals surface area contributed by atoms with Crippen molar-refractivity contribution in [2.24, 2.45) is 23.2 Å². The fourth-order valence-electron chi connectivity index (χ4n) is 6.83. The smallest absolute Gasteiger partial charge is 0.309 e. The minimum Gasteiger partial charge on any atom is -1.00 e. The number of nitrogens with zero attached hydrogens (tertiary/aromatic N) is 2. The Morgan fingerprint density at radius 3 is 1.76 bits per heavy atom. The Balaban J connectivity index is 0. The Labute approximate surface area is 317 Å². The van der Waals surface area contributed by atoms with Crippen LogP contribution in [0.3, 0.4) is 0 Å². The van der Waals surface area contributed by atoms with E-state index in [9.17, 15) is 24.3 Å². The van der Waals surface area contributed by atoms with Gasteiger partial charge in [-0.15, -0.1) is 0 Å². The molecule has 4 atom stereocenters. The molecule has 0 aromatic heterocycles. The van der Waals surface area contributed by atoms with E-state index in [1.165, 1.54) is 74.0 Å². The number of carboxylic acid groups (broad SMARTS) is 1. The number of quaternary nitrogens is 2. The molecule has 0 spiro atoms. The van der Waals surface area contributed by atoms with Gasteiger partial charge in [0.2, 0.25) is 17.7 Å². The predicted molar refractivity (Wildman–Crippen MR) is 201 cm³/mol. The van der Waals surface area contributed by atoms with E-state index in [0.717, 1.165) is 37.0 Å². The number of aliphatic carboxylic acids is 1. The molecule has 0 bridgehead atoms. The van der Waals surface area contributed by atoms with E-state index in [1.807, 2.05) is 6.92 Å². The third-order valence-electron chi connectivity index (χ3n) is 10.1. The molecule has 0 radical (unpaired) electrons. The highest BCUT2D eigenvalue weighted by molar-refractivity contribution is 5.84. The van der Waals surface area contributed by atoms with Crippen molar-refractivity contribution in [3.8, 4) is 0 Å². The van der Waals surface area contributed by atoms with E-state index >= 15 is 0 Å². The van der Waals surface area contributed by atoms with Crippen LogP contribution in [0.15, 0.2) is 0 Å².